The van der Waals surface area contributed by atoms with E-state index in [-0.39, 0.29) is 23.3 Å². The minimum absolute atomic E-state index is 0.174. The van der Waals surface area contributed by atoms with E-state index >= 15 is 0 Å². The molecule has 0 aliphatic heterocycles. The number of amides is 1. The number of carbonyl (C=O) groups is 1. The lowest BCUT2D eigenvalue weighted by Crippen LogP contribution is -2.27. The van der Waals surface area contributed by atoms with Crippen LogP contribution in [-0.2, 0) is 21.2 Å². The first-order valence-corrected chi connectivity index (χ1v) is 11.4. The first-order valence-electron chi connectivity index (χ1n) is 9.99. The first-order chi connectivity index (χ1) is 15.2. The third kappa shape index (κ3) is 5.51. The molecule has 2 aromatic carbocycles. The number of ether oxygens (including phenoxy) is 1. The van der Waals surface area contributed by atoms with E-state index in [0.717, 1.165) is 21.2 Å². The van der Waals surface area contributed by atoms with E-state index in [0.29, 0.717) is 18.1 Å². The molecule has 9 nitrogen and oxygen atoms in total. The minimum Gasteiger partial charge on any atom is -0.497 e. The number of benzene rings is 2. The molecular weight excluding hydrogens is 432 g/mol. The lowest BCUT2D eigenvalue weighted by atomic mass is 10.1. The predicted molar refractivity (Wildman–Crippen MR) is 118 cm³/mol. The van der Waals surface area contributed by atoms with Crippen LogP contribution in [0, 0.1) is 0 Å². The van der Waals surface area contributed by atoms with E-state index < -0.39 is 10.0 Å². The van der Waals surface area contributed by atoms with Gasteiger partial charge in [0.05, 0.1) is 18.0 Å². The molecule has 0 radical (unpaired) electrons. The highest BCUT2D eigenvalue weighted by molar-refractivity contribution is 7.89. The molecule has 3 rings (SSSR count). The topological polar surface area (TPSA) is 115 Å². The van der Waals surface area contributed by atoms with E-state index in [1.54, 1.807) is 19.2 Å². The lowest BCUT2D eigenvalue weighted by Gasteiger charge is -2.16. The summed E-state index contributed by atoms with van der Waals surface area (Å²) >= 11 is 0. The van der Waals surface area contributed by atoms with Crippen LogP contribution in [0.4, 0.5) is 0 Å². The Labute approximate surface area is 187 Å². The molecule has 170 valence electrons. The monoisotopic (exact) mass is 458 g/mol. The Morgan fingerprint density at radius 2 is 1.78 bits per heavy atom. The van der Waals surface area contributed by atoms with Crippen LogP contribution in [0.15, 0.2) is 57.9 Å². The fourth-order valence-electron chi connectivity index (χ4n) is 2.97. The highest BCUT2D eigenvalue weighted by atomic mass is 32.2. The molecule has 1 amide bonds. The molecule has 0 saturated heterocycles. The van der Waals surface area contributed by atoms with Gasteiger partial charge in [-0.15, -0.1) is 0 Å². The van der Waals surface area contributed by atoms with Crippen LogP contribution in [0.2, 0.25) is 0 Å². The Kier molecular flexibility index (Phi) is 7.26. The molecule has 1 heterocycles. The van der Waals surface area contributed by atoms with Crippen molar-refractivity contribution in [2.45, 2.75) is 30.7 Å². The fraction of sp³-hybridized carbons (Fsp3) is 0.318. The zero-order valence-corrected chi connectivity index (χ0v) is 19.2. The molecule has 0 fully saturated rings. The van der Waals surface area contributed by atoms with Crippen molar-refractivity contribution in [2.24, 2.45) is 0 Å². The number of sulfonamides is 1. The van der Waals surface area contributed by atoms with Gasteiger partial charge in [-0.05, 0) is 48.9 Å². The quantitative estimate of drug-likeness (QED) is 0.524. The zero-order valence-electron chi connectivity index (χ0n) is 18.4. The summed E-state index contributed by atoms with van der Waals surface area (Å²) in [6.07, 6.45) is 0.489. The summed E-state index contributed by atoms with van der Waals surface area (Å²) in [4.78, 5) is 16.9. The minimum atomic E-state index is -3.49. The van der Waals surface area contributed by atoms with Gasteiger partial charge in [-0.3, -0.25) is 4.79 Å². The number of hydrogen-bond acceptors (Lipinski definition) is 7. The standard InChI is InChI=1S/C22H26N4O5S/c1-15(16-7-11-19(12-8-16)32(28,29)26(2)3)23-20(27)13-14-21-24-22(25-31-21)17-5-9-18(30-4)10-6-17/h5-12,15H,13-14H2,1-4H3,(H,23,27). The molecule has 10 heteroatoms. The summed E-state index contributed by atoms with van der Waals surface area (Å²) in [5, 5.41) is 6.85. The van der Waals surface area contributed by atoms with E-state index in [2.05, 4.69) is 15.5 Å². The van der Waals surface area contributed by atoms with Crippen molar-refractivity contribution in [3.8, 4) is 17.1 Å². The second-order valence-electron chi connectivity index (χ2n) is 7.39. The summed E-state index contributed by atoms with van der Waals surface area (Å²) in [6.45, 7) is 1.84. The van der Waals surface area contributed by atoms with Crippen molar-refractivity contribution in [3.05, 3.63) is 60.0 Å². The smallest absolute Gasteiger partial charge is 0.242 e. The van der Waals surface area contributed by atoms with Crippen molar-refractivity contribution in [3.63, 3.8) is 0 Å². The number of methoxy groups -OCH3 is 1. The molecular formula is C22H26N4O5S. The summed E-state index contributed by atoms with van der Waals surface area (Å²) < 4.78 is 35.9. The van der Waals surface area contributed by atoms with E-state index in [1.165, 1.54) is 26.2 Å². The average molecular weight is 459 g/mol. The van der Waals surface area contributed by atoms with Crippen LogP contribution in [0.3, 0.4) is 0 Å². The van der Waals surface area contributed by atoms with E-state index in [4.69, 9.17) is 9.26 Å². The Morgan fingerprint density at radius 3 is 2.38 bits per heavy atom. The average Bonchev–Trinajstić information content (AvgIpc) is 3.27. The number of aromatic nitrogens is 2. The van der Waals surface area contributed by atoms with Crippen LogP contribution >= 0.6 is 0 Å². The molecule has 1 N–H and O–H groups in total. The first kappa shape index (κ1) is 23.4. The molecule has 0 saturated carbocycles. The lowest BCUT2D eigenvalue weighted by molar-refractivity contribution is -0.121. The molecule has 3 aromatic rings. The zero-order chi connectivity index (χ0) is 23.3. The van der Waals surface area contributed by atoms with Gasteiger partial charge in [-0.25, -0.2) is 12.7 Å². The molecule has 1 unspecified atom stereocenters. The van der Waals surface area contributed by atoms with Crippen LogP contribution in [0.25, 0.3) is 11.4 Å². The number of aryl methyl sites for hydroxylation is 1. The highest BCUT2D eigenvalue weighted by Gasteiger charge is 2.18. The number of carbonyl (C=O) groups excluding carboxylic acids is 1. The molecule has 32 heavy (non-hydrogen) atoms. The van der Waals surface area contributed by atoms with Crippen LogP contribution in [0.1, 0.15) is 30.8 Å². The van der Waals surface area contributed by atoms with Crippen molar-refractivity contribution >= 4 is 15.9 Å². The molecule has 0 aliphatic rings. The van der Waals surface area contributed by atoms with Crippen molar-refractivity contribution in [1.29, 1.82) is 0 Å². The fourth-order valence-corrected chi connectivity index (χ4v) is 3.87. The van der Waals surface area contributed by atoms with Gasteiger partial charge in [-0.2, -0.15) is 4.98 Å². The number of nitrogens with zero attached hydrogens (tertiary/aromatic N) is 3. The van der Waals surface area contributed by atoms with Gasteiger partial charge in [0, 0.05) is 32.5 Å². The maximum Gasteiger partial charge on any atom is 0.242 e. The van der Waals surface area contributed by atoms with E-state index in [1.807, 2.05) is 31.2 Å². The van der Waals surface area contributed by atoms with Gasteiger partial charge in [0.15, 0.2) is 0 Å². The summed E-state index contributed by atoms with van der Waals surface area (Å²) in [6, 6.07) is 13.5. The van der Waals surface area contributed by atoms with Gasteiger partial charge >= 0.3 is 0 Å². The Bertz CT molecular complexity index is 1160. The molecule has 1 aromatic heterocycles. The Balaban J connectivity index is 1.54. The van der Waals surface area contributed by atoms with Gasteiger partial charge in [-0.1, -0.05) is 17.3 Å². The number of nitrogens with one attached hydrogen (secondary N) is 1. The molecule has 1 atom stereocenters. The van der Waals surface area contributed by atoms with Gasteiger partial charge in [0.2, 0.25) is 27.6 Å². The Hall–Kier alpha value is -3.24. The Morgan fingerprint density at radius 1 is 1.12 bits per heavy atom. The van der Waals surface area contributed by atoms with Crippen LogP contribution in [-0.4, -0.2) is 50.0 Å². The second kappa shape index (κ2) is 9.92. The van der Waals surface area contributed by atoms with Crippen molar-refractivity contribution < 1.29 is 22.5 Å². The van der Waals surface area contributed by atoms with Gasteiger partial charge in [0.1, 0.15) is 5.75 Å². The number of rotatable bonds is 9. The summed E-state index contributed by atoms with van der Waals surface area (Å²) in [5.41, 5.74) is 1.59. The maximum absolute atomic E-state index is 12.3. The third-order valence-electron chi connectivity index (χ3n) is 4.92. The second-order valence-corrected chi connectivity index (χ2v) is 9.54. The number of hydrogen-bond donors (Lipinski definition) is 1. The molecule has 0 spiro atoms. The normalized spacial score (nSPS) is 12.5. The maximum atomic E-state index is 12.3. The van der Waals surface area contributed by atoms with Crippen LogP contribution in [0.5, 0.6) is 5.75 Å². The summed E-state index contributed by atoms with van der Waals surface area (Å²) in [5.74, 6) is 1.38. The highest BCUT2D eigenvalue weighted by Crippen LogP contribution is 2.21. The van der Waals surface area contributed by atoms with Gasteiger partial charge < -0.3 is 14.6 Å². The molecule has 0 aliphatic carbocycles. The van der Waals surface area contributed by atoms with Crippen molar-refractivity contribution in [2.75, 3.05) is 21.2 Å². The SMILES string of the molecule is COc1ccc(-c2noc(CCC(=O)NC(C)c3ccc(S(=O)(=O)N(C)C)cc3)n2)cc1. The van der Waals surface area contributed by atoms with Crippen LogP contribution < -0.4 is 10.1 Å². The largest absolute Gasteiger partial charge is 0.497 e. The predicted octanol–water partition coefficient (Wildman–Crippen LogP) is 2.81. The third-order valence-corrected chi connectivity index (χ3v) is 6.75. The van der Waals surface area contributed by atoms with E-state index in [9.17, 15) is 13.2 Å². The van der Waals surface area contributed by atoms with Crippen molar-refractivity contribution in [1.82, 2.24) is 19.8 Å². The summed E-state index contributed by atoms with van der Waals surface area (Å²) in [7, 11) is 1.07. The van der Waals surface area contributed by atoms with Gasteiger partial charge in [0.25, 0.3) is 0 Å². The molecule has 0 bridgehead atoms.